The highest BCUT2D eigenvalue weighted by molar-refractivity contribution is 7.11. The SMILES string of the molecule is CCNC(=NCC1(c2ccccc2)CCCC1)NCCNC(=O)c1scnc1C. The summed E-state index contributed by atoms with van der Waals surface area (Å²) in [6, 6.07) is 10.8. The van der Waals surface area contributed by atoms with Crippen LogP contribution in [0.25, 0.3) is 0 Å². The molecular formula is C22H31N5OS. The van der Waals surface area contributed by atoms with Crippen molar-refractivity contribution in [3.8, 4) is 0 Å². The van der Waals surface area contributed by atoms with Gasteiger partial charge in [0.25, 0.3) is 5.91 Å². The predicted molar refractivity (Wildman–Crippen MR) is 120 cm³/mol. The van der Waals surface area contributed by atoms with Gasteiger partial charge in [-0.1, -0.05) is 43.2 Å². The lowest BCUT2D eigenvalue weighted by Gasteiger charge is -2.28. The number of nitrogens with one attached hydrogen (secondary N) is 3. The van der Waals surface area contributed by atoms with Gasteiger partial charge in [-0.2, -0.15) is 0 Å². The number of hydrogen-bond donors (Lipinski definition) is 3. The number of amides is 1. The molecule has 29 heavy (non-hydrogen) atoms. The number of thiazole rings is 1. The van der Waals surface area contributed by atoms with E-state index < -0.39 is 0 Å². The summed E-state index contributed by atoms with van der Waals surface area (Å²) in [7, 11) is 0. The van der Waals surface area contributed by atoms with Crippen molar-refractivity contribution in [2.24, 2.45) is 4.99 Å². The number of aliphatic imine (C=N–C) groups is 1. The van der Waals surface area contributed by atoms with Crippen molar-refractivity contribution < 1.29 is 4.79 Å². The summed E-state index contributed by atoms with van der Waals surface area (Å²) in [6.07, 6.45) is 4.89. The van der Waals surface area contributed by atoms with Gasteiger partial charge < -0.3 is 16.0 Å². The molecule has 156 valence electrons. The first-order chi connectivity index (χ1) is 14.1. The molecule has 7 heteroatoms. The number of aryl methyl sites for hydroxylation is 1. The zero-order valence-electron chi connectivity index (χ0n) is 17.3. The highest BCUT2D eigenvalue weighted by atomic mass is 32.1. The van der Waals surface area contributed by atoms with E-state index in [0.717, 1.165) is 24.7 Å². The summed E-state index contributed by atoms with van der Waals surface area (Å²) in [5.74, 6) is 0.737. The molecule has 1 aromatic carbocycles. The second-order valence-corrected chi connectivity index (χ2v) is 8.35. The van der Waals surface area contributed by atoms with Crippen LogP contribution in [0.2, 0.25) is 0 Å². The highest BCUT2D eigenvalue weighted by Gasteiger charge is 2.35. The van der Waals surface area contributed by atoms with Crippen LogP contribution in [0.1, 0.15) is 53.5 Å². The first-order valence-electron chi connectivity index (χ1n) is 10.4. The number of benzene rings is 1. The Bertz CT molecular complexity index is 812. The van der Waals surface area contributed by atoms with Crippen LogP contribution in [0.4, 0.5) is 0 Å². The van der Waals surface area contributed by atoms with Gasteiger partial charge in [-0.05, 0) is 32.3 Å². The van der Waals surface area contributed by atoms with E-state index in [9.17, 15) is 4.79 Å². The maximum absolute atomic E-state index is 12.2. The summed E-state index contributed by atoms with van der Waals surface area (Å²) in [5.41, 5.74) is 4.01. The molecule has 1 aromatic heterocycles. The lowest BCUT2D eigenvalue weighted by Crippen LogP contribution is -2.42. The monoisotopic (exact) mass is 413 g/mol. The fraction of sp³-hybridized carbons (Fsp3) is 0.500. The number of nitrogens with zero attached hydrogens (tertiary/aromatic N) is 2. The summed E-state index contributed by atoms with van der Waals surface area (Å²) >= 11 is 1.37. The number of carbonyl (C=O) groups is 1. The summed E-state index contributed by atoms with van der Waals surface area (Å²) < 4.78 is 0. The number of aromatic nitrogens is 1. The van der Waals surface area contributed by atoms with Gasteiger partial charge in [0.05, 0.1) is 17.7 Å². The van der Waals surface area contributed by atoms with Crippen molar-refractivity contribution in [3.63, 3.8) is 0 Å². The number of guanidine groups is 1. The molecule has 1 aliphatic rings. The fourth-order valence-electron chi connectivity index (χ4n) is 3.91. The molecule has 0 atom stereocenters. The van der Waals surface area contributed by atoms with Gasteiger partial charge in [0.2, 0.25) is 0 Å². The average molecular weight is 414 g/mol. The van der Waals surface area contributed by atoms with Crippen LogP contribution >= 0.6 is 11.3 Å². The van der Waals surface area contributed by atoms with Crippen LogP contribution in [0, 0.1) is 6.92 Å². The van der Waals surface area contributed by atoms with Gasteiger partial charge in [-0.3, -0.25) is 9.79 Å². The Morgan fingerprint density at radius 1 is 1.14 bits per heavy atom. The molecule has 0 saturated heterocycles. The molecule has 2 aromatic rings. The third-order valence-electron chi connectivity index (χ3n) is 5.49. The van der Waals surface area contributed by atoms with Crippen LogP contribution in [-0.4, -0.2) is 43.0 Å². The van der Waals surface area contributed by atoms with Crippen molar-refractivity contribution in [1.82, 2.24) is 20.9 Å². The summed E-state index contributed by atoms with van der Waals surface area (Å²) in [6.45, 7) is 6.65. The van der Waals surface area contributed by atoms with Crippen molar-refractivity contribution in [3.05, 3.63) is 52.0 Å². The van der Waals surface area contributed by atoms with E-state index in [2.05, 4.69) is 58.2 Å². The summed E-state index contributed by atoms with van der Waals surface area (Å²) in [4.78, 5) is 21.9. The van der Waals surface area contributed by atoms with E-state index in [4.69, 9.17) is 4.99 Å². The Morgan fingerprint density at radius 3 is 2.52 bits per heavy atom. The number of hydrogen-bond acceptors (Lipinski definition) is 4. The highest BCUT2D eigenvalue weighted by Crippen LogP contribution is 2.41. The van der Waals surface area contributed by atoms with Gasteiger partial charge in [0.15, 0.2) is 5.96 Å². The Morgan fingerprint density at radius 2 is 1.86 bits per heavy atom. The van der Waals surface area contributed by atoms with E-state index in [1.54, 1.807) is 5.51 Å². The molecule has 0 unspecified atom stereocenters. The minimum absolute atomic E-state index is 0.0669. The normalized spacial score (nSPS) is 15.9. The minimum atomic E-state index is -0.0669. The average Bonchev–Trinajstić information content (AvgIpc) is 3.39. The smallest absolute Gasteiger partial charge is 0.263 e. The molecule has 1 heterocycles. The largest absolute Gasteiger partial charge is 0.357 e. The Kier molecular flexibility index (Phi) is 7.63. The van der Waals surface area contributed by atoms with E-state index in [1.165, 1.54) is 42.6 Å². The second kappa shape index (κ2) is 10.4. The molecule has 0 aliphatic heterocycles. The summed E-state index contributed by atoms with van der Waals surface area (Å²) in [5, 5.41) is 9.60. The van der Waals surface area contributed by atoms with Gasteiger partial charge in [0, 0.05) is 25.0 Å². The number of rotatable bonds is 8. The Balaban J connectivity index is 1.55. The van der Waals surface area contributed by atoms with Gasteiger partial charge in [-0.25, -0.2) is 4.98 Å². The van der Waals surface area contributed by atoms with Crippen molar-refractivity contribution in [2.75, 3.05) is 26.2 Å². The Hall–Kier alpha value is -2.41. The zero-order chi connectivity index (χ0) is 20.5. The molecule has 1 amide bonds. The van der Waals surface area contributed by atoms with Gasteiger partial charge in [0.1, 0.15) is 4.88 Å². The zero-order valence-corrected chi connectivity index (χ0v) is 18.1. The van der Waals surface area contributed by atoms with Gasteiger partial charge >= 0.3 is 0 Å². The lowest BCUT2D eigenvalue weighted by molar-refractivity contribution is 0.0957. The molecule has 1 fully saturated rings. The molecule has 0 spiro atoms. The first kappa shape index (κ1) is 21.3. The quantitative estimate of drug-likeness (QED) is 0.353. The molecule has 1 saturated carbocycles. The van der Waals surface area contributed by atoms with E-state index in [0.29, 0.717) is 18.0 Å². The maximum Gasteiger partial charge on any atom is 0.263 e. The van der Waals surface area contributed by atoms with Crippen LogP contribution in [0.3, 0.4) is 0 Å². The maximum atomic E-state index is 12.2. The van der Waals surface area contributed by atoms with Crippen LogP contribution in [0.5, 0.6) is 0 Å². The second-order valence-electron chi connectivity index (χ2n) is 7.50. The molecular weight excluding hydrogens is 382 g/mol. The third kappa shape index (κ3) is 5.56. The Labute approximate surface area is 177 Å². The standard InChI is InChI=1S/C22H31N5OS/c1-3-23-21(25-14-13-24-20(28)19-17(2)27-16-29-19)26-15-22(11-7-8-12-22)18-9-5-4-6-10-18/h4-6,9-10,16H,3,7-8,11-15H2,1-2H3,(H,24,28)(H2,23,25,26). The minimum Gasteiger partial charge on any atom is -0.357 e. The fourth-order valence-corrected chi connectivity index (χ4v) is 4.63. The molecule has 1 aliphatic carbocycles. The predicted octanol–water partition coefficient (Wildman–Crippen LogP) is 3.25. The van der Waals surface area contributed by atoms with E-state index >= 15 is 0 Å². The van der Waals surface area contributed by atoms with Crippen molar-refractivity contribution >= 4 is 23.2 Å². The lowest BCUT2D eigenvalue weighted by atomic mass is 9.79. The molecule has 3 rings (SSSR count). The molecule has 0 bridgehead atoms. The number of carbonyl (C=O) groups excluding carboxylic acids is 1. The third-order valence-corrected chi connectivity index (χ3v) is 6.41. The molecule has 0 radical (unpaired) electrons. The van der Waals surface area contributed by atoms with Crippen molar-refractivity contribution in [2.45, 2.75) is 44.9 Å². The van der Waals surface area contributed by atoms with Crippen molar-refractivity contribution in [1.29, 1.82) is 0 Å². The van der Waals surface area contributed by atoms with Crippen LogP contribution in [0.15, 0.2) is 40.8 Å². The topological polar surface area (TPSA) is 78.4 Å². The molecule has 3 N–H and O–H groups in total. The van der Waals surface area contributed by atoms with E-state index in [1.807, 2.05) is 6.92 Å². The van der Waals surface area contributed by atoms with Gasteiger partial charge in [-0.15, -0.1) is 11.3 Å². The van der Waals surface area contributed by atoms with Crippen LogP contribution in [-0.2, 0) is 5.41 Å². The molecule has 6 nitrogen and oxygen atoms in total. The van der Waals surface area contributed by atoms with Crippen LogP contribution < -0.4 is 16.0 Å². The first-order valence-corrected chi connectivity index (χ1v) is 11.3. The van der Waals surface area contributed by atoms with E-state index in [-0.39, 0.29) is 11.3 Å².